The van der Waals surface area contributed by atoms with Crippen LogP contribution in [0.2, 0.25) is 0 Å². The molecule has 0 amide bonds. The second-order valence-electron chi connectivity index (χ2n) is 3.27. The molecule has 1 aromatic carbocycles. The van der Waals surface area contributed by atoms with Gasteiger partial charge < -0.3 is 4.55 Å². The molecule has 0 aliphatic carbocycles. The summed E-state index contributed by atoms with van der Waals surface area (Å²) >= 11 is 0.741. The SMILES string of the molecule is C[S+]([O-])c1cccc(NNC2=NCCS2)c1. The summed E-state index contributed by atoms with van der Waals surface area (Å²) in [6, 6.07) is 7.51. The van der Waals surface area contributed by atoms with E-state index >= 15 is 0 Å². The lowest BCUT2D eigenvalue weighted by Gasteiger charge is -2.10. The molecule has 0 fully saturated rings. The zero-order valence-corrected chi connectivity index (χ0v) is 10.5. The lowest BCUT2D eigenvalue weighted by molar-refractivity contribution is 0.601. The van der Waals surface area contributed by atoms with Gasteiger partial charge in [0.2, 0.25) is 0 Å². The van der Waals surface area contributed by atoms with Gasteiger partial charge in [-0.2, -0.15) is 0 Å². The molecule has 1 atom stereocenters. The summed E-state index contributed by atoms with van der Waals surface area (Å²) < 4.78 is 11.3. The number of hydrogen-bond acceptors (Lipinski definition) is 5. The van der Waals surface area contributed by atoms with Gasteiger partial charge in [0, 0.05) is 11.8 Å². The van der Waals surface area contributed by atoms with Crippen molar-refractivity contribution in [1.82, 2.24) is 5.43 Å². The molecule has 2 rings (SSSR count). The summed E-state index contributed by atoms with van der Waals surface area (Å²) in [6.07, 6.45) is 1.67. The number of aliphatic imine (C=N–C) groups is 1. The van der Waals surface area contributed by atoms with Gasteiger partial charge in [-0.1, -0.05) is 17.8 Å². The lowest BCUT2D eigenvalue weighted by Crippen LogP contribution is -2.25. The normalized spacial score (nSPS) is 16.8. The molecule has 4 nitrogen and oxygen atoms in total. The Bertz CT molecular complexity index is 395. The van der Waals surface area contributed by atoms with Gasteiger partial charge in [0.25, 0.3) is 0 Å². The Morgan fingerprint density at radius 3 is 3.00 bits per heavy atom. The van der Waals surface area contributed by atoms with Crippen LogP contribution in [-0.4, -0.2) is 28.3 Å². The number of anilines is 1. The van der Waals surface area contributed by atoms with Crippen molar-refractivity contribution in [2.24, 2.45) is 4.99 Å². The zero-order valence-electron chi connectivity index (χ0n) is 8.90. The maximum atomic E-state index is 11.3. The van der Waals surface area contributed by atoms with Crippen LogP contribution < -0.4 is 10.9 Å². The van der Waals surface area contributed by atoms with Crippen LogP contribution >= 0.6 is 11.8 Å². The standard InChI is InChI=1S/C10H13N3OS2/c1-16(14)9-4-2-3-8(7-9)12-13-10-11-5-6-15-10/h2-4,7,12H,5-6H2,1H3,(H,11,13). The van der Waals surface area contributed by atoms with E-state index in [1.165, 1.54) is 0 Å². The smallest absolute Gasteiger partial charge is 0.175 e. The maximum absolute atomic E-state index is 11.3. The summed E-state index contributed by atoms with van der Waals surface area (Å²) in [6.45, 7) is 0.869. The molecule has 0 spiro atoms. The first-order chi connectivity index (χ1) is 7.75. The Hall–Kier alpha value is -0.850. The predicted molar refractivity (Wildman–Crippen MR) is 70.3 cm³/mol. The molecule has 16 heavy (non-hydrogen) atoms. The zero-order chi connectivity index (χ0) is 11.4. The minimum atomic E-state index is -0.948. The molecule has 0 saturated heterocycles. The first-order valence-electron chi connectivity index (χ1n) is 4.88. The summed E-state index contributed by atoms with van der Waals surface area (Å²) in [7, 11) is 0. The number of nitrogens with zero attached hydrogens (tertiary/aromatic N) is 1. The van der Waals surface area contributed by atoms with Crippen LogP contribution in [0.1, 0.15) is 0 Å². The molecular weight excluding hydrogens is 242 g/mol. The van der Waals surface area contributed by atoms with E-state index in [9.17, 15) is 4.55 Å². The Kier molecular flexibility index (Phi) is 3.98. The molecule has 1 unspecified atom stereocenters. The van der Waals surface area contributed by atoms with E-state index in [0.29, 0.717) is 0 Å². The van der Waals surface area contributed by atoms with Crippen molar-refractivity contribution in [3.63, 3.8) is 0 Å². The Morgan fingerprint density at radius 1 is 1.44 bits per heavy atom. The number of rotatable bonds is 3. The van der Waals surface area contributed by atoms with Gasteiger partial charge in [-0.3, -0.25) is 15.8 Å². The summed E-state index contributed by atoms with van der Waals surface area (Å²) in [5.74, 6) is 1.03. The van der Waals surface area contributed by atoms with Crippen LogP contribution in [0.25, 0.3) is 0 Å². The van der Waals surface area contributed by atoms with E-state index in [4.69, 9.17) is 0 Å². The van der Waals surface area contributed by atoms with Crippen molar-refractivity contribution >= 4 is 33.8 Å². The molecule has 0 saturated carbocycles. The van der Waals surface area contributed by atoms with E-state index in [0.717, 1.165) is 28.0 Å². The van der Waals surface area contributed by atoms with E-state index < -0.39 is 11.2 Å². The Balaban J connectivity index is 1.95. The topological polar surface area (TPSA) is 59.5 Å². The monoisotopic (exact) mass is 255 g/mol. The molecule has 2 N–H and O–H groups in total. The fourth-order valence-electron chi connectivity index (χ4n) is 1.29. The van der Waals surface area contributed by atoms with E-state index in [1.807, 2.05) is 24.3 Å². The largest absolute Gasteiger partial charge is 0.612 e. The van der Waals surface area contributed by atoms with Crippen molar-refractivity contribution < 1.29 is 4.55 Å². The van der Waals surface area contributed by atoms with E-state index in [2.05, 4.69) is 15.8 Å². The van der Waals surface area contributed by atoms with E-state index in [-0.39, 0.29) is 0 Å². The van der Waals surface area contributed by atoms with Gasteiger partial charge in [0.1, 0.15) is 6.26 Å². The first-order valence-corrected chi connectivity index (χ1v) is 7.43. The molecule has 0 radical (unpaired) electrons. The highest BCUT2D eigenvalue weighted by Gasteiger charge is 2.07. The van der Waals surface area contributed by atoms with Gasteiger partial charge in [-0.05, 0) is 23.3 Å². The molecular formula is C10H13N3OS2. The Morgan fingerprint density at radius 2 is 2.31 bits per heavy atom. The van der Waals surface area contributed by atoms with Crippen molar-refractivity contribution in [2.45, 2.75) is 4.90 Å². The molecule has 1 aromatic rings. The lowest BCUT2D eigenvalue weighted by atomic mass is 10.3. The molecule has 6 heteroatoms. The summed E-state index contributed by atoms with van der Waals surface area (Å²) in [5.41, 5.74) is 6.97. The van der Waals surface area contributed by atoms with Gasteiger partial charge >= 0.3 is 0 Å². The molecule has 1 heterocycles. The average Bonchev–Trinajstić information content (AvgIpc) is 2.79. The van der Waals surface area contributed by atoms with Crippen LogP contribution in [0.15, 0.2) is 34.2 Å². The van der Waals surface area contributed by atoms with Gasteiger partial charge in [-0.25, -0.2) is 0 Å². The van der Waals surface area contributed by atoms with Crippen LogP contribution in [-0.2, 0) is 11.2 Å². The summed E-state index contributed by atoms with van der Waals surface area (Å²) in [5, 5.41) is 0.906. The number of hydrogen-bond donors (Lipinski definition) is 2. The quantitative estimate of drug-likeness (QED) is 0.634. The van der Waals surface area contributed by atoms with Crippen molar-refractivity contribution in [1.29, 1.82) is 0 Å². The molecule has 0 aromatic heterocycles. The molecule has 86 valence electrons. The second kappa shape index (κ2) is 5.47. The highest BCUT2D eigenvalue weighted by Crippen LogP contribution is 2.15. The third-order valence-corrected chi connectivity index (χ3v) is 3.87. The van der Waals surface area contributed by atoms with Crippen molar-refractivity contribution in [3.8, 4) is 0 Å². The molecule has 1 aliphatic heterocycles. The Labute approximate surface area is 102 Å². The average molecular weight is 255 g/mol. The first kappa shape index (κ1) is 11.6. The van der Waals surface area contributed by atoms with Crippen LogP contribution in [0, 0.1) is 0 Å². The van der Waals surface area contributed by atoms with Gasteiger partial charge in [-0.15, -0.1) is 0 Å². The number of amidine groups is 1. The number of hydrazine groups is 1. The van der Waals surface area contributed by atoms with Crippen LogP contribution in [0.3, 0.4) is 0 Å². The van der Waals surface area contributed by atoms with Crippen LogP contribution in [0.4, 0.5) is 5.69 Å². The fraction of sp³-hybridized carbons (Fsp3) is 0.300. The van der Waals surface area contributed by atoms with Gasteiger partial charge in [0.05, 0.1) is 12.2 Å². The van der Waals surface area contributed by atoms with Crippen LogP contribution in [0.5, 0.6) is 0 Å². The molecule has 1 aliphatic rings. The summed E-state index contributed by atoms with van der Waals surface area (Å²) in [4.78, 5) is 5.07. The van der Waals surface area contributed by atoms with Crippen molar-refractivity contribution in [3.05, 3.63) is 24.3 Å². The van der Waals surface area contributed by atoms with Gasteiger partial charge in [0.15, 0.2) is 10.1 Å². The highest BCUT2D eigenvalue weighted by atomic mass is 32.2. The fourth-order valence-corrected chi connectivity index (χ4v) is 2.53. The maximum Gasteiger partial charge on any atom is 0.175 e. The second-order valence-corrected chi connectivity index (χ2v) is 5.73. The minimum absolute atomic E-state index is 0.813. The predicted octanol–water partition coefficient (Wildman–Crippen LogP) is 1.44. The van der Waals surface area contributed by atoms with E-state index in [1.54, 1.807) is 18.0 Å². The van der Waals surface area contributed by atoms with Crippen molar-refractivity contribution in [2.75, 3.05) is 24.0 Å². The third-order valence-electron chi connectivity index (χ3n) is 2.07. The number of nitrogens with one attached hydrogen (secondary N) is 2. The third kappa shape index (κ3) is 3.07. The minimum Gasteiger partial charge on any atom is -0.612 e. The number of thioether (sulfide) groups is 1. The number of benzene rings is 1. The highest BCUT2D eigenvalue weighted by molar-refractivity contribution is 8.14. The molecule has 0 bridgehead atoms.